The monoisotopic (exact) mass is 308 g/mol. The summed E-state index contributed by atoms with van der Waals surface area (Å²) in [5.74, 6) is 0. The van der Waals surface area contributed by atoms with Gasteiger partial charge in [0, 0.05) is 18.4 Å². The molecular formula is C13H17BrN4. The molecule has 0 unspecified atom stereocenters. The van der Waals surface area contributed by atoms with Crippen molar-refractivity contribution in [2.45, 2.75) is 38.8 Å². The van der Waals surface area contributed by atoms with Crippen LogP contribution in [0.25, 0.3) is 5.65 Å². The van der Waals surface area contributed by atoms with Crippen LogP contribution in [-0.4, -0.2) is 31.9 Å². The van der Waals surface area contributed by atoms with E-state index < -0.39 is 0 Å². The van der Waals surface area contributed by atoms with Gasteiger partial charge in [-0.2, -0.15) is 0 Å². The molecule has 0 aliphatic carbocycles. The van der Waals surface area contributed by atoms with Crippen LogP contribution in [0.3, 0.4) is 0 Å². The average molecular weight is 309 g/mol. The lowest BCUT2D eigenvalue weighted by molar-refractivity contribution is 0.202. The second-order valence-corrected chi connectivity index (χ2v) is 5.94. The van der Waals surface area contributed by atoms with Crippen LogP contribution < -0.4 is 0 Å². The number of rotatable bonds is 2. The van der Waals surface area contributed by atoms with Crippen LogP contribution in [0.1, 0.15) is 38.4 Å². The Labute approximate surface area is 115 Å². The number of aromatic nitrogens is 3. The molecule has 0 bridgehead atoms. The minimum Gasteiger partial charge on any atom is -0.303 e. The van der Waals surface area contributed by atoms with Crippen molar-refractivity contribution in [1.82, 2.24) is 19.3 Å². The smallest absolute Gasteiger partial charge is 0.155 e. The molecule has 0 amide bonds. The molecule has 3 rings (SSSR count). The van der Waals surface area contributed by atoms with Crippen molar-refractivity contribution in [3.8, 4) is 0 Å². The van der Waals surface area contributed by atoms with Crippen molar-refractivity contribution in [3.63, 3.8) is 0 Å². The van der Waals surface area contributed by atoms with E-state index in [0.29, 0.717) is 12.1 Å². The van der Waals surface area contributed by atoms with Gasteiger partial charge in [-0.1, -0.05) is 0 Å². The Morgan fingerprint density at radius 2 is 2.22 bits per heavy atom. The van der Waals surface area contributed by atoms with E-state index in [-0.39, 0.29) is 0 Å². The Balaban J connectivity index is 1.98. The zero-order chi connectivity index (χ0) is 12.7. The fraction of sp³-hybridized carbons (Fsp3) is 0.538. The maximum Gasteiger partial charge on any atom is 0.155 e. The van der Waals surface area contributed by atoms with Gasteiger partial charge < -0.3 is 4.40 Å². The zero-order valence-electron chi connectivity index (χ0n) is 10.7. The van der Waals surface area contributed by atoms with Crippen molar-refractivity contribution < 1.29 is 0 Å². The van der Waals surface area contributed by atoms with Crippen LogP contribution in [0, 0.1) is 0 Å². The molecule has 0 saturated carbocycles. The molecule has 5 heteroatoms. The molecule has 1 aliphatic heterocycles. The number of imidazole rings is 1. The van der Waals surface area contributed by atoms with Gasteiger partial charge >= 0.3 is 0 Å². The second-order valence-electron chi connectivity index (χ2n) is 5.13. The van der Waals surface area contributed by atoms with E-state index in [4.69, 9.17) is 4.98 Å². The van der Waals surface area contributed by atoms with Crippen molar-refractivity contribution in [1.29, 1.82) is 0 Å². The number of hydrogen-bond donors (Lipinski definition) is 0. The topological polar surface area (TPSA) is 33.4 Å². The molecule has 4 nitrogen and oxygen atoms in total. The molecule has 2 aromatic heterocycles. The first-order valence-corrected chi connectivity index (χ1v) is 7.20. The van der Waals surface area contributed by atoms with Gasteiger partial charge in [-0.05, 0) is 49.2 Å². The molecule has 1 atom stereocenters. The summed E-state index contributed by atoms with van der Waals surface area (Å²) in [6.07, 6.45) is 8.37. The number of nitrogens with zero attached hydrogens (tertiary/aromatic N) is 4. The molecule has 1 saturated heterocycles. The minimum atomic E-state index is 0.462. The van der Waals surface area contributed by atoms with Crippen LogP contribution >= 0.6 is 15.9 Å². The van der Waals surface area contributed by atoms with Gasteiger partial charge in [0.05, 0.1) is 17.9 Å². The summed E-state index contributed by atoms with van der Waals surface area (Å²) >= 11 is 3.39. The molecule has 0 spiro atoms. The van der Waals surface area contributed by atoms with Crippen LogP contribution in [0.15, 0.2) is 23.2 Å². The zero-order valence-corrected chi connectivity index (χ0v) is 12.3. The molecule has 2 aromatic rings. The molecule has 96 valence electrons. The predicted octanol–water partition coefficient (Wildman–Crippen LogP) is 3.04. The van der Waals surface area contributed by atoms with Crippen LogP contribution in [0.2, 0.25) is 0 Å². The first-order valence-electron chi connectivity index (χ1n) is 6.41. The largest absolute Gasteiger partial charge is 0.303 e. The molecule has 1 fully saturated rings. The Morgan fingerprint density at radius 1 is 1.39 bits per heavy atom. The maximum atomic E-state index is 4.71. The second kappa shape index (κ2) is 4.63. The molecule has 18 heavy (non-hydrogen) atoms. The van der Waals surface area contributed by atoms with Crippen LogP contribution in [0.4, 0.5) is 0 Å². The Hall–Kier alpha value is -0.940. The minimum absolute atomic E-state index is 0.462. The molecule has 0 radical (unpaired) electrons. The van der Waals surface area contributed by atoms with E-state index in [2.05, 4.69) is 45.9 Å². The predicted molar refractivity (Wildman–Crippen MR) is 74.5 cm³/mol. The summed E-state index contributed by atoms with van der Waals surface area (Å²) in [5, 5.41) is 0. The fourth-order valence-electron chi connectivity index (χ4n) is 2.78. The lowest BCUT2D eigenvalue weighted by atomic mass is 10.1. The number of halogens is 1. The summed E-state index contributed by atoms with van der Waals surface area (Å²) in [6, 6.07) is 1.04. The number of fused-ring (bicyclic) bond motifs is 1. The number of likely N-dealkylation sites (tertiary alicyclic amines) is 1. The molecular weight excluding hydrogens is 292 g/mol. The summed E-state index contributed by atoms with van der Waals surface area (Å²) < 4.78 is 2.88. The van der Waals surface area contributed by atoms with E-state index >= 15 is 0 Å². The lowest BCUT2D eigenvalue weighted by Crippen LogP contribution is -2.30. The van der Waals surface area contributed by atoms with Crippen LogP contribution in [0.5, 0.6) is 0 Å². The van der Waals surface area contributed by atoms with Gasteiger partial charge in [-0.15, -0.1) is 0 Å². The highest BCUT2D eigenvalue weighted by Crippen LogP contribution is 2.32. The molecule has 1 aliphatic rings. The summed E-state index contributed by atoms with van der Waals surface area (Å²) in [6.45, 7) is 5.69. The molecule has 0 N–H and O–H groups in total. The van der Waals surface area contributed by atoms with Gasteiger partial charge in [0.2, 0.25) is 0 Å². The SMILES string of the molecule is CC(C)N1CCC[C@@H]1c1cn2cc(Br)ncc2n1. The quantitative estimate of drug-likeness (QED) is 0.855. The fourth-order valence-corrected chi connectivity index (χ4v) is 3.10. The standard InChI is InChI=1S/C13H17BrN4/c1-9(2)18-5-3-4-11(18)10-7-17-8-12(14)15-6-13(17)16-10/h6-9,11H,3-5H2,1-2H3/t11-/m1/s1. The van der Waals surface area contributed by atoms with Crippen LogP contribution in [-0.2, 0) is 0 Å². The van der Waals surface area contributed by atoms with E-state index in [1.165, 1.54) is 25.1 Å². The van der Waals surface area contributed by atoms with Gasteiger partial charge in [-0.25, -0.2) is 9.97 Å². The van der Waals surface area contributed by atoms with Gasteiger partial charge in [0.25, 0.3) is 0 Å². The lowest BCUT2D eigenvalue weighted by Gasteiger charge is -2.26. The number of hydrogen-bond acceptors (Lipinski definition) is 3. The normalized spacial score (nSPS) is 21.2. The summed E-state index contributed by atoms with van der Waals surface area (Å²) in [5.41, 5.74) is 2.09. The third kappa shape index (κ3) is 2.06. The van der Waals surface area contributed by atoms with E-state index in [1.807, 2.05) is 16.8 Å². The third-order valence-corrected chi connectivity index (χ3v) is 4.04. The van der Waals surface area contributed by atoms with Gasteiger partial charge in [0.1, 0.15) is 4.60 Å². The van der Waals surface area contributed by atoms with E-state index in [9.17, 15) is 0 Å². The maximum absolute atomic E-state index is 4.71. The third-order valence-electron chi connectivity index (χ3n) is 3.63. The summed E-state index contributed by atoms with van der Waals surface area (Å²) in [7, 11) is 0. The highest BCUT2D eigenvalue weighted by Gasteiger charge is 2.29. The highest BCUT2D eigenvalue weighted by atomic mass is 79.9. The van der Waals surface area contributed by atoms with Crippen molar-refractivity contribution in [2.75, 3.05) is 6.54 Å². The van der Waals surface area contributed by atoms with Crippen molar-refractivity contribution >= 4 is 21.6 Å². The Morgan fingerprint density at radius 3 is 3.00 bits per heavy atom. The molecule has 3 heterocycles. The summed E-state index contributed by atoms with van der Waals surface area (Å²) in [4.78, 5) is 11.5. The first kappa shape index (κ1) is 12.1. The average Bonchev–Trinajstić information content (AvgIpc) is 2.93. The van der Waals surface area contributed by atoms with Crippen molar-refractivity contribution in [3.05, 3.63) is 28.9 Å². The van der Waals surface area contributed by atoms with Gasteiger partial charge in [0.15, 0.2) is 5.65 Å². The Kier molecular flexibility index (Phi) is 3.11. The van der Waals surface area contributed by atoms with E-state index in [0.717, 1.165) is 10.3 Å². The van der Waals surface area contributed by atoms with Gasteiger partial charge in [-0.3, -0.25) is 4.90 Å². The highest BCUT2D eigenvalue weighted by molar-refractivity contribution is 9.10. The Bertz CT molecular complexity index is 563. The first-order chi connectivity index (χ1) is 8.65. The van der Waals surface area contributed by atoms with Crippen molar-refractivity contribution in [2.24, 2.45) is 0 Å². The van der Waals surface area contributed by atoms with E-state index in [1.54, 1.807) is 0 Å². The molecule has 0 aromatic carbocycles.